The standard InChI is InChI=1S/C29H28IN3O5/c1-19(15-26(34)21-5-4-6-22(30)17-21)32-25(29(35)36)16-20-9-11-23(12-10-20)37-14-13-31-18-28-33-24-7-2-3-8-27(24)38-28/h2-12,15,17,25,31-32H,13-14,16,18H2,1H3,(H,35,36)/t25-/m0/s1. The molecule has 3 N–H and O–H groups in total. The SMILES string of the molecule is CC(=CC(=O)c1cccc(I)c1)N[C@@H](Cc1ccc(OCCNCc2nc3ccccc3o2)cc1)C(=O)O. The van der Waals surface area contributed by atoms with E-state index < -0.39 is 12.0 Å². The van der Waals surface area contributed by atoms with Crippen molar-refractivity contribution in [2.75, 3.05) is 13.2 Å². The Balaban J connectivity index is 1.23. The van der Waals surface area contributed by atoms with Crippen LogP contribution in [-0.2, 0) is 17.8 Å². The summed E-state index contributed by atoms with van der Waals surface area (Å²) in [6, 6.07) is 21.3. The van der Waals surface area contributed by atoms with Gasteiger partial charge < -0.3 is 24.9 Å². The molecule has 0 saturated heterocycles. The van der Waals surface area contributed by atoms with Crippen LogP contribution in [0.25, 0.3) is 11.1 Å². The summed E-state index contributed by atoms with van der Waals surface area (Å²) >= 11 is 2.15. The largest absolute Gasteiger partial charge is 0.492 e. The molecular formula is C29H28IN3O5. The van der Waals surface area contributed by atoms with Gasteiger partial charge in [0.05, 0.1) is 6.54 Å². The number of nitrogens with one attached hydrogen (secondary N) is 2. The number of ketones is 1. The number of oxazole rings is 1. The molecule has 1 atom stereocenters. The number of carbonyl (C=O) groups excluding carboxylic acids is 1. The number of ether oxygens (including phenoxy) is 1. The lowest BCUT2D eigenvalue weighted by molar-refractivity contribution is -0.139. The monoisotopic (exact) mass is 625 g/mol. The van der Waals surface area contributed by atoms with Gasteiger partial charge in [-0.3, -0.25) is 4.79 Å². The average Bonchev–Trinajstić information content (AvgIpc) is 3.32. The molecule has 0 unspecified atom stereocenters. The van der Waals surface area contributed by atoms with Crippen LogP contribution in [0.3, 0.4) is 0 Å². The Bertz CT molecular complexity index is 1400. The van der Waals surface area contributed by atoms with Gasteiger partial charge >= 0.3 is 5.97 Å². The third-order valence-corrected chi connectivity index (χ3v) is 6.35. The molecule has 0 amide bonds. The predicted molar refractivity (Wildman–Crippen MR) is 153 cm³/mol. The zero-order chi connectivity index (χ0) is 26.9. The fraction of sp³-hybridized carbons (Fsp3) is 0.207. The Morgan fingerprint density at radius 3 is 2.63 bits per heavy atom. The highest BCUT2D eigenvalue weighted by molar-refractivity contribution is 14.1. The fourth-order valence-electron chi connectivity index (χ4n) is 3.83. The number of allylic oxidation sites excluding steroid dienone is 2. The summed E-state index contributed by atoms with van der Waals surface area (Å²) in [5, 5.41) is 15.9. The van der Waals surface area contributed by atoms with Crippen LogP contribution in [0, 0.1) is 3.57 Å². The maximum atomic E-state index is 12.5. The molecule has 0 spiro atoms. The maximum Gasteiger partial charge on any atom is 0.326 e. The Hall–Kier alpha value is -3.70. The van der Waals surface area contributed by atoms with Crippen LogP contribution < -0.4 is 15.4 Å². The summed E-state index contributed by atoms with van der Waals surface area (Å²) < 4.78 is 12.4. The van der Waals surface area contributed by atoms with Gasteiger partial charge in [0.1, 0.15) is 23.9 Å². The number of fused-ring (bicyclic) bond motifs is 1. The number of halogens is 1. The van der Waals surface area contributed by atoms with Gasteiger partial charge in [-0.2, -0.15) is 0 Å². The lowest BCUT2D eigenvalue weighted by Crippen LogP contribution is -2.37. The third kappa shape index (κ3) is 7.90. The zero-order valence-electron chi connectivity index (χ0n) is 20.8. The molecule has 0 aliphatic rings. The van der Waals surface area contributed by atoms with Crippen molar-refractivity contribution in [3.8, 4) is 5.75 Å². The van der Waals surface area contributed by atoms with Crippen LogP contribution in [0.1, 0.15) is 28.7 Å². The number of aliphatic carboxylic acids is 1. The molecule has 9 heteroatoms. The van der Waals surface area contributed by atoms with Crippen molar-refractivity contribution in [3.05, 3.63) is 105 Å². The molecule has 0 aliphatic heterocycles. The van der Waals surface area contributed by atoms with Gasteiger partial charge in [0.2, 0.25) is 5.89 Å². The number of carbonyl (C=O) groups is 2. The van der Waals surface area contributed by atoms with Crippen molar-refractivity contribution in [1.29, 1.82) is 0 Å². The molecule has 4 aromatic rings. The summed E-state index contributed by atoms with van der Waals surface area (Å²) in [7, 11) is 0. The molecule has 3 aromatic carbocycles. The molecule has 0 fully saturated rings. The number of hydrogen-bond donors (Lipinski definition) is 3. The Kier molecular flexibility index (Phi) is 9.50. The second-order valence-corrected chi connectivity index (χ2v) is 9.93. The van der Waals surface area contributed by atoms with Crippen LogP contribution >= 0.6 is 22.6 Å². The average molecular weight is 625 g/mol. The molecule has 4 rings (SSSR count). The third-order valence-electron chi connectivity index (χ3n) is 5.68. The maximum absolute atomic E-state index is 12.5. The zero-order valence-corrected chi connectivity index (χ0v) is 23.0. The molecule has 8 nitrogen and oxygen atoms in total. The second kappa shape index (κ2) is 13.2. The van der Waals surface area contributed by atoms with Crippen LogP contribution in [0.15, 0.2) is 89.0 Å². The molecule has 0 bridgehead atoms. The van der Waals surface area contributed by atoms with Gasteiger partial charge in [0.15, 0.2) is 11.4 Å². The fourth-order valence-corrected chi connectivity index (χ4v) is 4.37. The van der Waals surface area contributed by atoms with Crippen LogP contribution in [0.4, 0.5) is 0 Å². The smallest absolute Gasteiger partial charge is 0.326 e. The van der Waals surface area contributed by atoms with Crippen molar-refractivity contribution >= 4 is 45.4 Å². The number of aromatic nitrogens is 1. The quantitative estimate of drug-likeness (QED) is 0.0827. The number of hydrogen-bond acceptors (Lipinski definition) is 7. The van der Waals surface area contributed by atoms with Crippen molar-refractivity contribution in [1.82, 2.24) is 15.6 Å². The highest BCUT2D eigenvalue weighted by Gasteiger charge is 2.18. The van der Waals surface area contributed by atoms with Gasteiger partial charge in [-0.05, 0) is 71.5 Å². The van der Waals surface area contributed by atoms with Gasteiger partial charge in [-0.25, -0.2) is 9.78 Å². The lowest BCUT2D eigenvalue weighted by atomic mass is 10.1. The summed E-state index contributed by atoms with van der Waals surface area (Å²) in [4.78, 5) is 28.8. The first-order chi connectivity index (χ1) is 18.4. The number of carboxylic acids is 1. The van der Waals surface area contributed by atoms with E-state index in [-0.39, 0.29) is 12.2 Å². The minimum Gasteiger partial charge on any atom is -0.492 e. The van der Waals surface area contributed by atoms with Crippen LogP contribution in [-0.4, -0.2) is 41.0 Å². The summed E-state index contributed by atoms with van der Waals surface area (Å²) in [5.41, 5.74) is 3.49. The Labute approximate surface area is 234 Å². The van der Waals surface area contributed by atoms with E-state index in [0.717, 1.165) is 20.2 Å². The number of rotatable bonds is 13. The molecular weight excluding hydrogens is 597 g/mol. The first kappa shape index (κ1) is 27.3. The van der Waals surface area contributed by atoms with Gasteiger partial charge in [0, 0.05) is 33.9 Å². The molecule has 0 saturated carbocycles. The molecule has 0 radical (unpaired) electrons. The molecule has 38 heavy (non-hydrogen) atoms. The highest BCUT2D eigenvalue weighted by atomic mass is 127. The van der Waals surface area contributed by atoms with Gasteiger partial charge in [0.25, 0.3) is 0 Å². The van der Waals surface area contributed by atoms with E-state index in [0.29, 0.717) is 42.6 Å². The first-order valence-corrected chi connectivity index (χ1v) is 13.2. The van der Waals surface area contributed by atoms with Crippen molar-refractivity contribution in [2.24, 2.45) is 0 Å². The van der Waals surface area contributed by atoms with E-state index in [2.05, 4.69) is 38.2 Å². The van der Waals surface area contributed by atoms with E-state index >= 15 is 0 Å². The number of benzene rings is 3. The molecule has 0 aliphatic carbocycles. The number of nitrogens with zero attached hydrogens (tertiary/aromatic N) is 1. The van der Waals surface area contributed by atoms with E-state index in [1.807, 2.05) is 60.7 Å². The van der Waals surface area contributed by atoms with Crippen LogP contribution in [0.2, 0.25) is 0 Å². The Morgan fingerprint density at radius 2 is 1.89 bits per heavy atom. The summed E-state index contributed by atoms with van der Waals surface area (Å²) in [6.45, 7) is 3.26. The molecule has 1 heterocycles. The van der Waals surface area contributed by atoms with E-state index in [1.165, 1.54) is 6.08 Å². The van der Waals surface area contributed by atoms with Gasteiger partial charge in [-0.15, -0.1) is 0 Å². The van der Waals surface area contributed by atoms with Crippen molar-refractivity contribution in [3.63, 3.8) is 0 Å². The topological polar surface area (TPSA) is 114 Å². The summed E-state index contributed by atoms with van der Waals surface area (Å²) in [5.74, 6) is 0.144. The van der Waals surface area contributed by atoms with Crippen molar-refractivity contribution in [2.45, 2.75) is 25.9 Å². The number of para-hydroxylation sites is 2. The van der Waals surface area contributed by atoms with Gasteiger partial charge in [-0.1, -0.05) is 36.4 Å². The van der Waals surface area contributed by atoms with E-state index in [9.17, 15) is 14.7 Å². The number of carboxylic acid groups (broad SMARTS) is 1. The molecule has 1 aromatic heterocycles. The summed E-state index contributed by atoms with van der Waals surface area (Å²) in [6.07, 6.45) is 1.68. The minimum absolute atomic E-state index is 0.178. The first-order valence-electron chi connectivity index (χ1n) is 12.1. The second-order valence-electron chi connectivity index (χ2n) is 8.69. The highest BCUT2D eigenvalue weighted by Crippen LogP contribution is 2.16. The van der Waals surface area contributed by atoms with Crippen LogP contribution in [0.5, 0.6) is 5.75 Å². The van der Waals surface area contributed by atoms with Crippen molar-refractivity contribution < 1.29 is 23.8 Å². The predicted octanol–water partition coefficient (Wildman–Crippen LogP) is 4.97. The van der Waals surface area contributed by atoms with E-state index in [4.69, 9.17) is 9.15 Å². The lowest BCUT2D eigenvalue weighted by Gasteiger charge is -2.16. The van der Waals surface area contributed by atoms with E-state index in [1.54, 1.807) is 19.1 Å². The Morgan fingerprint density at radius 1 is 1.11 bits per heavy atom. The molecule has 196 valence electrons. The normalized spacial score (nSPS) is 12.3. The minimum atomic E-state index is -0.996.